The summed E-state index contributed by atoms with van der Waals surface area (Å²) in [5, 5.41) is 7.64. The van der Waals surface area contributed by atoms with Crippen molar-refractivity contribution in [1.82, 2.24) is 24.6 Å². The molecular formula is C21H31N5O2. The number of hydrogen-bond acceptors (Lipinski definition) is 4. The second-order valence-corrected chi connectivity index (χ2v) is 7.80. The Balaban J connectivity index is 1.66. The fourth-order valence-corrected chi connectivity index (χ4v) is 3.84. The summed E-state index contributed by atoms with van der Waals surface area (Å²) in [5.41, 5.74) is 1.03. The fraction of sp³-hybridized carbons (Fsp3) is 0.571. The van der Waals surface area contributed by atoms with Gasteiger partial charge in [-0.05, 0) is 52.3 Å². The number of amides is 1. The molecule has 1 aromatic carbocycles. The lowest BCUT2D eigenvalue weighted by molar-refractivity contribution is -0.123. The van der Waals surface area contributed by atoms with Gasteiger partial charge in [0.1, 0.15) is 5.82 Å². The minimum atomic E-state index is -0.0416. The van der Waals surface area contributed by atoms with Crippen molar-refractivity contribution >= 4 is 5.91 Å². The molecule has 1 saturated heterocycles. The number of hydrogen-bond donors (Lipinski definition) is 1. The van der Waals surface area contributed by atoms with Gasteiger partial charge in [0.2, 0.25) is 5.91 Å². The Morgan fingerprint density at radius 3 is 2.50 bits per heavy atom. The number of aromatic nitrogens is 3. The highest BCUT2D eigenvalue weighted by atomic mass is 16.2. The van der Waals surface area contributed by atoms with Gasteiger partial charge in [0.25, 0.3) is 0 Å². The number of rotatable bonds is 7. The molecule has 7 nitrogen and oxygen atoms in total. The van der Waals surface area contributed by atoms with Crippen LogP contribution in [0.2, 0.25) is 0 Å². The van der Waals surface area contributed by atoms with Crippen LogP contribution < -0.4 is 11.0 Å². The lowest BCUT2D eigenvalue weighted by Gasteiger charge is -2.31. The first-order valence-corrected chi connectivity index (χ1v) is 10.2. The summed E-state index contributed by atoms with van der Waals surface area (Å²) in [7, 11) is 0. The molecule has 0 aliphatic carbocycles. The molecule has 7 heteroatoms. The van der Waals surface area contributed by atoms with Crippen LogP contribution in [0.25, 0.3) is 0 Å². The highest BCUT2D eigenvalue weighted by molar-refractivity contribution is 5.78. The maximum Gasteiger partial charge on any atom is 0.346 e. The van der Waals surface area contributed by atoms with Crippen LogP contribution in [0.15, 0.2) is 35.1 Å². The van der Waals surface area contributed by atoms with Crippen molar-refractivity contribution in [1.29, 1.82) is 0 Å². The molecule has 0 spiro atoms. The van der Waals surface area contributed by atoms with E-state index in [2.05, 4.69) is 10.2 Å². The van der Waals surface area contributed by atoms with Gasteiger partial charge in [0.15, 0.2) is 0 Å². The molecule has 0 atom stereocenters. The summed E-state index contributed by atoms with van der Waals surface area (Å²) >= 11 is 0. The zero-order valence-electron chi connectivity index (χ0n) is 17.1. The van der Waals surface area contributed by atoms with Crippen molar-refractivity contribution in [3.63, 3.8) is 0 Å². The minimum absolute atomic E-state index is 0.0416. The van der Waals surface area contributed by atoms with Gasteiger partial charge < -0.3 is 5.32 Å². The van der Waals surface area contributed by atoms with E-state index in [-0.39, 0.29) is 23.6 Å². The van der Waals surface area contributed by atoms with E-state index >= 15 is 0 Å². The van der Waals surface area contributed by atoms with Crippen LogP contribution in [0, 0.1) is 0 Å². The second-order valence-electron chi connectivity index (χ2n) is 7.80. The number of carbonyl (C=O) groups is 1. The summed E-state index contributed by atoms with van der Waals surface area (Å²) in [5.74, 6) is 1.22. The molecule has 2 aromatic rings. The van der Waals surface area contributed by atoms with E-state index in [9.17, 15) is 9.59 Å². The van der Waals surface area contributed by atoms with Gasteiger partial charge in [-0.1, -0.05) is 30.3 Å². The van der Waals surface area contributed by atoms with E-state index in [1.54, 1.807) is 9.25 Å². The van der Waals surface area contributed by atoms with Gasteiger partial charge in [-0.25, -0.2) is 9.48 Å². The van der Waals surface area contributed by atoms with Gasteiger partial charge in [0.05, 0.1) is 13.1 Å². The molecule has 0 radical (unpaired) electrons. The number of nitrogens with zero attached hydrogens (tertiary/aromatic N) is 4. The highest BCUT2D eigenvalue weighted by Crippen LogP contribution is 2.26. The molecule has 1 fully saturated rings. The monoisotopic (exact) mass is 385 g/mol. The van der Waals surface area contributed by atoms with Crippen LogP contribution in [-0.4, -0.2) is 50.8 Å². The Morgan fingerprint density at radius 1 is 1.21 bits per heavy atom. The average molecular weight is 386 g/mol. The molecule has 28 heavy (non-hydrogen) atoms. The van der Waals surface area contributed by atoms with Gasteiger partial charge in [-0.3, -0.25) is 14.3 Å². The third kappa shape index (κ3) is 4.90. The van der Waals surface area contributed by atoms with Gasteiger partial charge in [-0.2, -0.15) is 5.10 Å². The zero-order valence-corrected chi connectivity index (χ0v) is 17.1. The van der Waals surface area contributed by atoms with E-state index in [0.717, 1.165) is 37.3 Å². The number of nitrogens with one attached hydrogen (secondary N) is 1. The van der Waals surface area contributed by atoms with E-state index < -0.39 is 0 Å². The molecule has 1 aliphatic heterocycles. The predicted octanol–water partition coefficient (Wildman–Crippen LogP) is 1.82. The molecule has 1 aromatic heterocycles. The molecule has 152 valence electrons. The zero-order chi connectivity index (χ0) is 20.1. The second kappa shape index (κ2) is 9.19. The molecule has 3 rings (SSSR count). The molecule has 0 unspecified atom stereocenters. The summed E-state index contributed by atoms with van der Waals surface area (Å²) in [4.78, 5) is 26.9. The summed E-state index contributed by atoms with van der Waals surface area (Å²) < 4.78 is 3.38. The van der Waals surface area contributed by atoms with Crippen LogP contribution in [0.3, 0.4) is 0 Å². The fourth-order valence-electron chi connectivity index (χ4n) is 3.84. The third-order valence-corrected chi connectivity index (χ3v) is 5.21. The topological polar surface area (TPSA) is 72.2 Å². The number of carbonyl (C=O) groups excluding carboxylic acids is 1. The minimum Gasteiger partial charge on any atom is -0.353 e. The maximum atomic E-state index is 12.8. The normalized spacial score (nSPS) is 15.9. The van der Waals surface area contributed by atoms with Crippen molar-refractivity contribution in [2.24, 2.45) is 0 Å². The molecule has 1 amide bonds. The van der Waals surface area contributed by atoms with Crippen LogP contribution in [0.4, 0.5) is 0 Å². The maximum absolute atomic E-state index is 12.8. The Morgan fingerprint density at radius 2 is 1.89 bits per heavy atom. The van der Waals surface area contributed by atoms with E-state index in [4.69, 9.17) is 5.10 Å². The van der Waals surface area contributed by atoms with Gasteiger partial charge >= 0.3 is 5.69 Å². The largest absolute Gasteiger partial charge is 0.353 e. The van der Waals surface area contributed by atoms with Crippen LogP contribution in [0.1, 0.15) is 50.9 Å². The van der Waals surface area contributed by atoms with Crippen molar-refractivity contribution < 1.29 is 4.79 Å². The SMILES string of the molecule is CCn1c(C2CCN(CC(=O)NC(C)C)CC2)nn(Cc2ccccc2)c1=O. The molecule has 2 heterocycles. The van der Waals surface area contributed by atoms with Crippen molar-refractivity contribution in [2.45, 2.75) is 58.7 Å². The van der Waals surface area contributed by atoms with E-state index in [1.807, 2.05) is 51.1 Å². The predicted molar refractivity (Wildman–Crippen MR) is 109 cm³/mol. The van der Waals surface area contributed by atoms with Gasteiger partial charge in [0, 0.05) is 18.5 Å². The quantitative estimate of drug-likeness (QED) is 0.789. The number of benzene rings is 1. The summed E-state index contributed by atoms with van der Waals surface area (Å²) in [6.07, 6.45) is 1.83. The summed E-state index contributed by atoms with van der Waals surface area (Å²) in [6.45, 7) is 9.19. The highest BCUT2D eigenvalue weighted by Gasteiger charge is 2.27. The standard InChI is InChI=1S/C21H31N5O2/c1-4-25-20(23-26(21(25)28)14-17-8-6-5-7-9-17)18-10-12-24(13-11-18)15-19(27)22-16(2)3/h5-9,16,18H,4,10-15H2,1-3H3,(H,22,27). The molecule has 1 N–H and O–H groups in total. The number of likely N-dealkylation sites (tertiary alicyclic amines) is 1. The van der Waals surface area contributed by atoms with Gasteiger partial charge in [-0.15, -0.1) is 0 Å². The van der Waals surface area contributed by atoms with E-state index in [0.29, 0.717) is 19.6 Å². The van der Waals surface area contributed by atoms with Crippen molar-refractivity contribution in [3.8, 4) is 0 Å². The van der Waals surface area contributed by atoms with Crippen LogP contribution in [0.5, 0.6) is 0 Å². The van der Waals surface area contributed by atoms with Crippen LogP contribution in [-0.2, 0) is 17.9 Å². The smallest absolute Gasteiger partial charge is 0.346 e. The Hall–Kier alpha value is -2.41. The first kappa shape index (κ1) is 20.3. The number of piperidine rings is 1. The molecular weight excluding hydrogens is 354 g/mol. The molecule has 0 bridgehead atoms. The first-order valence-electron chi connectivity index (χ1n) is 10.2. The average Bonchev–Trinajstić information content (AvgIpc) is 2.98. The lowest BCUT2D eigenvalue weighted by atomic mass is 9.96. The van der Waals surface area contributed by atoms with E-state index in [1.165, 1.54) is 0 Å². The van der Waals surface area contributed by atoms with Crippen molar-refractivity contribution in [2.75, 3.05) is 19.6 Å². The first-order chi connectivity index (χ1) is 13.5. The van der Waals surface area contributed by atoms with Crippen LogP contribution >= 0.6 is 0 Å². The lowest BCUT2D eigenvalue weighted by Crippen LogP contribution is -2.43. The third-order valence-electron chi connectivity index (χ3n) is 5.21. The Labute approximate surface area is 166 Å². The van der Waals surface area contributed by atoms with Crippen molar-refractivity contribution in [3.05, 3.63) is 52.2 Å². The molecule has 0 saturated carbocycles. The molecule has 1 aliphatic rings. The summed E-state index contributed by atoms with van der Waals surface area (Å²) in [6, 6.07) is 10.1. The Bertz CT molecular complexity index is 832. The Kier molecular flexibility index (Phi) is 6.67.